The minimum Gasteiger partial charge on any atom is -0.338 e. The van der Waals surface area contributed by atoms with E-state index in [-0.39, 0.29) is 5.82 Å². The number of anilines is 2. The van der Waals surface area contributed by atoms with Crippen molar-refractivity contribution >= 4 is 11.5 Å². The lowest BCUT2D eigenvalue weighted by molar-refractivity contribution is 0.611. The van der Waals surface area contributed by atoms with Crippen LogP contribution >= 0.6 is 0 Å². The molecule has 1 N–H and O–H groups in total. The quantitative estimate of drug-likeness (QED) is 0.801. The first-order valence-corrected chi connectivity index (χ1v) is 7.19. The molecule has 6 heteroatoms. The zero-order valence-electron chi connectivity index (χ0n) is 11.8. The van der Waals surface area contributed by atoms with Gasteiger partial charge < -0.3 is 5.32 Å². The molecule has 1 fully saturated rings. The van der Waals surface area contributed by atoms with E-state index >= 15 is 0 Å². The van der Waals surface area contributed by atoms with Crippen LogP contribution in [0.5, 0.6) is 0 Å². The molecule has 0 spiro atoms. The van der Waals surface area contributed by atoms with Gasteiger partial charge in [0.2, 0.25) is 0 Å². The molecule has 110 valence electrons. The largest absolute Gasteiger partial charge is 0.338 e. The molecule has 4 rings (SSSR count). The lowest BCUT2D eigenvalue weighted by atomic mass is 10.3. The van der Waals surface area contributed by atoms with Crippen LogP contribution in [0, 0.1) is 5.82 Å². The predicted molar refractivity (Wildman–Crippen MR) is 80.8 cm³/mol. The Labute approximate surface area is 126 Å². The summed E-state index contributed by atoms with van der Waals surface area (Å²) >= 11 is 0. The van der Waals surface area contributed by atoms with Crippen molar-refractivity contribution < 1.29 is 4.39 Å². The van der Waals surface area contributed by atoms with Crippen molar-refractivity contribution in [1.82, 2.24) is 19.7 Å². The van der Waals surface area contributed by atoms with E-state index in [4.69, 9.17) is 0 Å². The third-order valence-electron chi connectivity index (χ3n) is 3.57. The van der Waals surface area contributed by atoms with Gasteiger partial charge in [-0.25, -0.2) is 19.0 Å². The molecule has 0 radical (unpaired) electrons. The highest BCUT2D eigenvalue weighted by atomic mass is 19.1. The Bertz CT molecular complexity index is 810. The van der Waals surface area contributed by atoms with Crippen LogP contribution in [0.4, 0.5) is 15.9 Å². The molecule has 3 aromatic rings. The highest BCUT2D eigenvalue weighted by Crippen LogP contribution is 2.38. The number of rotatable bonds is 4. The summed E-state index contributed by atoms with van der Waals surface area (Å²) in [6.07, 6.45) is 7.45. The highest BCUT2D eigenvalue weighted by Gasteiger charge is 2.26. The number of hydrogen-bond acceptors (Lipinski definition) is 4. The van der Waals surface area contributed by atoms with Crippen molar-refractivity contribution in [3.8, 4) is 5.69 Å². The van der Waals surface area contributed by atoms with Crippen LogP contribution in [-0.2, 0) is 0 Å². The van der Waals surface area contributed by atoms with Gasteiger partial charge in [-0.15, -0.1) is 0 Å². The zero-order chi connectivity index (χ0) is 14.9. The lowest BCUT2D eigenvalue weighted by Gasteiger charge is -2.04. The second-order valence-electron chi connectivity index (χ2n) is 5.32. The number of benzene rings is 1. The van der Waals surface area contributed by atoms with Gasteiger partial charge in [-0.3, -0.25) is 0 Å². The Morgan fingerprint density at radius 2 is 2.05 bits per heavy atom. The van der Waals surface area contributed by atoms with E-state index in [2.05, 4.69) is 20.4 Å². The number of halogens is 1. The van der Waals surface area contributed by atoms with Crippen molar-refractivity contribution in [1.29, 1.82) is 0 Å². The fraction of sp³-hybridized carbons (Fsp3) is 0.188. The first-order chi connectivity index (χ1) is 10.8. The molecular weight excluding hydrogens is 281 g/mol. The number of aromatic nitrogens is 4. The maximum atomic E-state index is 13.8. The summed E-state index contributed by atoms with van der Waals surface area (Å²) in [5.41, 5.74) is 1.17. The zero-order valence-corrected chi connectivity index (χ0v) is 11.8. The van der Waals surface area contributed by atoms with Gasteiger partial charge in [0.1, 0.15) is 23.1 Å². The van der Waals surface area contributed by atoms with Crippen LogP contribution in [0.2, 0.25) is 0 Å². The summed E-state index contributed by atoms with van der Waals surface area (Å²) in [7, 11) is 0. The van der Waals surface area contributed by atoms with Crippen molar-refractivity contribution in [2.45, 2.75) is 18.8 Å². The molecule has 1 aromatic carbocycles. The molecule has 1 saturated carbocycles. The Morgan fingerprint density at radius 3 is 2.86 bits per heavy atom. The minimum absolute atomic E-state index is 0.310. The monoisotopic (exact) mass is 295 g/mol. The third-order valence-corrected chi connectivity index (χ3v) is 3.57. The molecule has 1 aliphatic carbocycles. The summed E-state index contributed by atoms with van der Waals surface area (Å²) in [6, 6.07) is 8.34. The average Bonchev–Trinajstić information content (AvgIpc) is 3.29. The average molecular weight is 295 g/mol. The van der Waals surface area contributed by atoms with Crippen LogP contribution in [0.15, 0.2) is 48.9 Å². The number of para-hydroxylation sites is 1. The Morgan fingerprint density at radius 1 is 1.18 bits per heavy atom. The molecule has 5 nitrogen and oxygen atoms in total. The van der Waals surface area contributed by atoms with E-state index in [1.165, 1.54) is 10.7 Å². The number of nitrogens with zero attached hydrogens (tertiary/aromatic N) is 4. The van der Waals surface area contributed by atoms with Crippen molar-refractivity contribution in [3.63, 3.8) is 0 Å². The maximum absolute atomic E-state index is 13.8. The highest BCUT2D eigenvalue weighted by molar-refractivity contribution is 5.54. The van der Waals surface area contributed by atoms with Gasteiger partial charge in [0.05, 0.1) is 18.1 Å². The fourth-order valence-electron chi connectivity index (χ4n) is 2.29. The molecule has 0 unspecified atom stereocenters. The Hall–Kier alpha value is -2.76. The summed E-state index contributed by atoms with van der Waals surface area (Å²) < 4.78 is 15.3. The fourth-order valence-corrected chi connectivity index (χ4v) is 2.29. The summed E-state index contributed by atoms with van der Waals surface area (Å²) in [6.45, 7) is 0. The predicted octanol–water partition coefficient (Wildman–Crippen LogP) is 3.42. The van der Waals surface area contributed by atoms with E-state index in [0.717, 1.165) is 30.2 Å². The molecule has 2 aromatic heterocycles. The molecule has 22 heavy (non-hydrogen) atoms. The minimum atomic E-state index is -0.310. The van der Waals surface area contributed by atoms with Gasteiger partial charge in [-0.05, 0) is 31.0 Å². The third kappa shape index (κ3) is 2.55. The standard InChI is InChI=1S/C16H14FN5/c17-13-3-1-2-4-14(13)22-10-12(9-19-22)20-15-7-8-18-16(21-15)11-5-6-11/h1-4,7-11H,5-6H2,(H,18,20,21). The van der Waals surface area contributed by atoms with E-state index in [1.54, 1.807) is 36.8 Å². The second kappa shape index (κ2) is 5.22. The Balaban J connectivity index is 1.57. The van der Waals surface area contributed by atoms with E-state index in [1.807, 2.05) is 6.07 Å². The lowest BCUT2D eigenvalue weighted by Crippen LogP contribution is -1.98. The molecule has 0 aliphatic heterocycles. The van der Waals surface area contributed by atoms with Crippen LogP contribution in [0.25, 0.3) is 5.69 Å². The summed E-state index contributed by atoms with van der Waals surface area (Å²) in [4.78, 5) is 8.78. The summed E-state index contributed by atoms with van der Waals surface area (Å²) in [5.74, 6) is 1.80. The molecule has 2 heterocycles. The number of hydrogen-bond donors (Lipinski definition) is 1. The summed E-state index contributed by atoms with van der Waals surface area (Å²) in [5, 5.41) is 7.36. The molecule has 0 amide bonds. The molecule has 0 saturated heterocycles. The van der Waals surface area contributed by atoms with Crippen LogP contribution < -0.4 is 5.32 Å². The first kappa shape index (κ1) is 12.9. The molecule has 0 atom stereocenters. The SMILES string of the molecule is Fc1ccccc1-n1cc(Nc2ccnc(C3CC3)n2)cn1. The smallest absolute Gasteiger partial charge is 0.148 e. The second-order valence-corrected chi connectivity index (χ2v) is 5.32. The van der Waals surface area contributed by atoms with Crippen molar-refractivity contribution in [2.24, 2.45) is 0 Å². The van der Waals surface area contributed by atoms with E-state index < -0.39 is 0 Å². The van der Waals surface area contributed by atoms with Gasteiger partial charge in [0.25, 0.3) is 0 Å². The normalized spacial score (nSPS) is 14.0. The van der Waals surface area contributed by atoms with Crippen molar-refractivity contribution in [3.05, 3.63) is 60.6 Å². The first-order valence-electron chi connectivity index (χ1n) is 7.19. The van der Waals surface area contributed by atoms with Gasteiger partial charge in [0, 0.05) is 12.1 Å². The molecule has 1 aliphatic rings. The van der Waals surface area contributed by atoms with Crippen LogP contribution in [0.3, 0.4) is 0 Å². The molecular formula is C16H14FN5. The van der Waals surface area contributed by atoms with Gasteiger partial charge >= 0.3 is 0 Å². The van der Waals surface area contributed by atoms with E-state index in [9.17, 15) is 4.39 Å². The van der Waals surface area contributed by atoms with Gasteiger partial charge in [0.15, 0.2) is 0 Å². The van der Waals surface area contributed by atoms with Crippen LogP contribution in [0.1, 0.15) is 24.6 Å². The maximum Gasteiger partial charge on any atom is 0.148 e. The van der Waals surface area contributed by atoms with Gasteiger partial charge in [-0.1, -0.05) is 12.1 Å². The topological polar surface area (TPSA) is 55.6 Å². The Kier molecular flexibility index (Phi) is 3.07. The molecule has 0 bridgehead atoms. The van der Waals surface area contributed by atoms with E-state index in [0.29, 0.717) is 11.6 Å². The number of nitrogens with one attached hydrogen (secondary N) is 1. The van der Waals surface area contributed by atoms with Crippen molar-refractivity contribution in [2.75, 3.05) is 5.32 Å². The van der Waals surface area contributed by atoms with Crippen LogP contribution in [-0.4, -0.2) is 19.7 Å². The van der Waals surface area contributed by atoms with Gasteiger partial charge in [-0.2, -0.15) is 5.10 Å².